The second kappa shape index (κ2) is 8.10. The fraction of sp³-hybridized carbons (Fsp3) is 0.263. The van der Waals surface area contributed by atoms with E-state index >= 15 is 0 Å². The number of ether oxygens (including phenoxy) is 1. The zero-order valence-electron chi connectivity index (χ0n) is 14.1. The number of hydrogen-bond donors (Lipinski definition) is 0. The molecule has 26 heavy (non-hydrogen) atoms. The van der Waals surface area contributed by atoms with E-state index in [0.29, 0.717) is 11.8 Å². The van der Waals surface area contributed by atoms with Crippen LogP contribution >= 0.6 is 23.4 Å². The number of para-hydroxylation sites is 1. The van der Waals surface area contributed by atoms with Crippen molar-refractivity contribution in [2.45, 2.75) is 23.5 Å². The molecule has 0 aromatic heterocycles. The molecule has 136 valence electrons. The summed E-state index contributed by atoms with van der Waals surface area (Å²) in [7, 11) is 0. The van der Waals surface area contributed by atoms with Gasteiger partial charge in [-0.15, -0.1) is 11.8 Å². The van der Waals surface area contributed by atoms with Crippen LogP contribution in [0.4, 0.5) is 10.1 Å². The number of anilines is 1. The summed E-state index contributed by atoms with van der Waals surface area (Å²) in [6, 6.07) is 11.5. The van der Waals surface area contributed by atoms with Crippen LogP contribution in [0.2, 0.25) is 5.02 Å². The van der Waals surface area contributed by atoms with Gasteiger partial charge in [0.2, 0.25) is 0 Å². The molecule has 3 rings (SSSR count). The molecule has 4 nitrogen and oxygen atoms in total. The Bertz CT molecular complexity index is 825. The third-order valence-electron chi connectivity index (χ3n) is 4.04. The monoisotopic (exact) mass is 393 g/mol. The van der Waals surface area contributed by atoms with Crippen LogP contribution in [0.3, 0.4) is 0 Å². The van der Waals surface area contributed by atoms with Crippen molar-refractivity contribution >= 4 is 40.9 Å². The van der Waals surface area contributed by atoms with E-state index in [1.165, 1.54) is 12.1 Å². The number of thioether (sulfide) groups is 1. The summed E-state index contributed by atoms with van der Waals surface area (Å²) in [5.41, 5.74) is 0.439. The van der Waals surface area contributed by atoms with Crippen molar-refractivity contribution in [3.8, 4) is 0 Å². The first kappa shape index (κ1) is 18.7. The quantitative estimate of drug-likeness (QED) is 0.717. The summed E-state index contributed by atoms with van der Waals surface area (Å²) in [4.78, 5) is 27.4. The minimum absolute atomic E-state index is 0.0483. The predicted octanol–water partition coefficient (Wildman–Crippen LogP) is 4.55. The van der Waals surface area contributed by atoms with E-state index in [1.807, 2.05) is 24.3 Å². The third kappa shape index (κ3) is 4.02. The highest BCUT2D eigenvalue weighted by atomic mass is 35.5. The summed E-state index contributed by atoms with van der Waals surface area (Å²) < 4.78 is 18.8. The highest BCUT2D eigenvalue weighted by Crippen LogP contribution is 2.37. The van der Waals surface area contributed by atoms with Gasteiger partial charge in [-0.3, -0.25) is 4.79 Å². The topological polar surface area (TPSA) is 46.6 Å². The molecular weight excluding hydrogens is 377 g/mol. The first-order valence-electron chi connectivity index (χ1n) is 8.14. The van der Waals surface area contributed by atoms with Gasteiger partial charge in [-0.1, -0.05) is 36.7 Å². The molecule has 0 saturated carbocycles. The normalized spacial score (nSPS) is 16.6. The molecule has 0 spiro atoms. The maximum atomic E-state index is 13.8. The van der Waals surface area contributed by atoms with Gasteiger partial charge in [0.05, 0.1) is 10.7 Å². The summed E-state index contributed by atoms with van der Waals surface area (Å²) in [6.45, 7) is 2.16. The maximum Gasteiger partial charge on any atom is 0.343 e. The zero-order valence-corrected chi connectivity index (χ0v) is 15.6. The lowest BCUT2D eigenvalue weighted by atomic mass is 10.2. The van der Waals surface area contributed by atoms with Crippen molar-refractivity contribution in [3.63, 3.8) is 0 Å². The molecule has 0 N–H and O–H groups in total. The molecule has 2 aromatic carbocycles. The van der Waals surface area contributed by atoms with Crippen LogP contribution in [0.15, 0.2) is 47.4 Å². The Morgan fingerprint density at radius 2 is 2.04 bits per heavy atom. The zero-order chi connectivity index (χ0) is 18.7. The largest absolute Gasteiger partial charge is 0.452 e. The highest BCUT2D eigenvalue weighted by Gasteiger charge is 2.26. The average molecular weight is 394 g/mol. The maximum absolute atomic E-state index is 13.8. The van der Waals surface area contributed by atoms with Crippen LogP contribution in [-0.2, 0) is 9.53 Å². The van der Waals surface area contributed by atoms with Crippen LogP contribution < -0.4 is 4.90 Å². The minimum Gasteiger partial charge on any atom is -0.452 e. The molecule has 1 atom stereocenters. The van der Waals surface area contributed by atoms with Gasteiger partial charge in [0, 0.05) is 16.7 Å². The van der Waals surface area contributed by atoms with Crippen LogP contribution in [0.25, 0.3) is 0 Å². The number of rotatable bonds is 3. The molecule has 7 heteroatoms. The number of fused-ring (bicyclic) bond motifs is 1. The fourth-order valence-corrected chi connectivity index (χ4v) is 4.07. The number of esters is 1. The van der Waals surface area contributed by atoms with Crippen LogP contribution in [-0.4, -0.2) is 30.3 Å². The molecule has 0 fully saturated rings. The Morgan fingerprint density at radius 3 is 2.81 bits per heavy atom. The average Bonchev–Trinajstić information content (AvgIpc) is 2.77. The third-order valence-corrected chi connectivity index (χ3v) is 5.59. The van der Waals surface area contributed by atoms with Gasteiger partial charge < -0.3 is 9.64 Å². The lowest BCUT2D eigenvalue weighted by molar-refractivity contribution is -0.121. The van der Waals surface area contributed by atoms with Gasteiger partial charge in [-0.05, 0) is 30.7 Å². The molecule has 1 heterocycles. The van der Waals surface area contributed by atoms with Crippen LogP contribution in [0.1, 0.15) is 23.7 Å². The second-order valence-electron chi connectivity index (χ2n) is 5.90. The summed E-state index contributed by atoms with van der Waals surface area (Å²) in [5, 5.41) is 0.321. The van der Waals surface area contributed by atoms with Gasteiger partial charge in [0.15, 0.2) is 6.61 Å². The highest BCUT2D eigenvalue weighted by molar-refractivity contribution is 8.00. The number of carbonyl (C=O) groups excluding carboxylic acids is 2. The molecule has 1 unspecified atom stereocenters. The van der Waals surface area contributed by atoms with E-state index in [9.17, 15) is 14.0 Å². The SMILES string of the molecule is CC1CCN(C(=O)COC(=O)c2c(F)cccc2Cl)c2ccccc2S1. The second-order valence-corrected chi connectivity index (χ2v) is 7.79. The Balaban J connectivity index is 1.73. The number of hydrogen-bond acceptors (Lipinski definition) is 4. The van der Waals surface area contributed by atoms with E-state index in [0.717, 1.165) is 23.1 Å². The predicted molar refractivity (Wildman–Crippen MR) is 100 cm³/mol. The summed E-state index contributed by atoms with van der Waals surface area (Å²) in [5.74, 6) is -2.08. The van der Waals surface area contributed by atoms with E-state index < -0.39 is 18.4 Å². The number of nitrogens with zero attached hydrogens (tertiary/aromatic N) is 1. The van der Waals surface area contributed by atoms with Gasteiger partial charge in [0.1, 0.15) is 11.4 Å². The minimum atomic E-state index is -0.952. The molecule has 0 saturated heterocycles. The Morgan fingerprint density at radius 1 is 1.27 bits per heavy atom. The van der Waals surface area contributed by atoms with Gasteiger partial charge in [-0.25, -0.2) is 9.18 Å². The van der Waals surface area contributed by atoms with Crippen molar-refractivity contribution in [3.05, 3.63) is 58.9 Å². The standard InChI is InChI=1S/C19H17ClFNO3S/c1-12-9-10-22(15-7-2-3-8-16(15)26-12)17(23)11-25-19(24)18-13(20)5-4-6-14(18)21/h2-8,12H,9-11H2,1H3. The van der Waals surface area contributed by atoms with Crippen molar-refractivity contribution in [2.75, 3.05) is 18.1 Å². The molecule has 0 aliphatic carbocycles. The fourth-order valence-electron chi connectivity index (χ4n) is 2.72. The molecule has 1 amide bonds. The molecular formula is C19H17ClFNO3S. The van der Waals surface area contributed by atoms with Crippen molar-refractivity contribution in [1.29, 1.82) is 0 Å². The molecule has 0 radical (unpaired) electrons. The van der Waals surface area contributed by atoms with E-state index in [1.54, 1.807) is 16.7 Å². The molecule has 1 aliphatic heterocycles. The number of benzene rings is 2. The van der Waals surface area contributed by atoms with Crippen molar-refractivity contribution < 1.29 is 18.7 Å². The van der Waals surface area contributed by atoms with Gasteiger partial charge in [0.25, 0.3) is 5.91 Å². The van der Waals surface area contributed by atoms with E-state index in [4.69, 9.17) is 16.3 Å². The molecule has 2 aromatic rings. The number of carbonyl (C=O) groups is 2. The van der Waals surface area contributed by atoms with E-state index in [-0.39, 0.29) is 16.5 Å². The summed E-state index contributed by atoms with van der Waals surface area (Å²) >= 11 is 7.56. The van der Waals surface area contributed by atoms with Gasteiger partial charge in [-0.2, -0.15) is 0 Å². The lowest BCUT2D eigenvalue weighted by Crippen LogP contribution is -2.35. The van der Waals surface area contributed by atoms with Crippen LogP contribution in [0.5, 0.6) is 0 Å². The Labute approximate surface area is 160 Å². The Hall–Kier alpha value is -2.05. The van der Waals surface area contributed by atoms with Crippen molar-refractivity contribution in [1.82, 2.24) is 0 Å². The lowest BCUT2D eigenvalue weighted by Gasteiger charge is -2.22. The Kier molecular flexibility index (Phi) is 5.84. The molecule has 0 bridgehead atoms. The smallest absolute Gasteiger partial charge is 0.343 e. The first-order chi connectivity index (χ1) is 12.5. The first-order valence-corrected chi connectivity index (χ1v) is 9.40. The van der Waals surface area contributed by atoms with Gasteiger partial charge >= 0.3 is 5.97 Å². The number of halogens is 2. The summed E-state index contributed by atoms with van der Waals surface area (Å²) in [6.07, 6.45) is 0.818. The van der Waals surface area contributed by atoms with Crippen molar-refractivity contribution in [2.24, 2.45) is 0 Å². The van der Waals surface area contributed by atoms with Crippen LogP contribution in [0, 0.1) is 5.82 Å². The molecule has 1 aliphatic rings. The number of amides is 1. The van der Waals surface area contributed by atoms with E-state index in [2.05, 4.69) is 6.92 Å².